The highest BCUT2D eigenvalue weighted by atomic mass is 14.7. The monoisotopic (exact) mass is 206 g/mol. The highest BCUT2D eigenvalue weighted by Crippen LogP contribution is 2.72. The summed E-state index contributed by atoms with van der Waals surface area (Å²) in [5.41, 5.74) is 1.42. The molecule has 86 valence electrons. The Balaban J connectivity index is 2.04. The highest BCUT2D eigenvalue weighted by Gasteiger charge is 2.64. The lowest BCUT2D eigenvalue weighted by molar-refractivity contribution is 0.104. The second kappa shape index (κ2) is 2.81. The molecular formula is C15H26. The van der Waals surface area contributed by atoms with Gasteiger partial charge in [0, 0.05) is 0 Å². The topological polar surface area (TPSA) is 0 Å². The van der Waals surface area contributed by atoms with Crippen LogP contribution in [0.4, 0.5) is 0 Å². The van der Waals surface area contributed by atoms with Crippen LogP contribution in [-0.2, 0) is 0 Å². The zero-order chi connectivity index (χ0) is 10.8. The van der Waals surface area contributed by atoms with Crippen molar-refractivity contribution in [3.63, 3.8) is 0 Å². The predicted octanol–water partition coefficient (Wildman–Crippen LogP) is 4.49. The lowest BCUT2D eigenvalue weighted by Gasteiger charge is -2.39. The summed E-state index contributed by atoms with van der Waals surface area (Å²) in [5.74, 6) is 4.08. The van der Waals surface area contributed by atoms with Crippen LogP contribution < -0.4 is 0 Å². The lowest BCUT2D eigenvalue weighted by atomic mass is 9.66. The van der Waals surface area contributed by atoms with E-state index in [0.717, 1.165) is 29.1 Å². The Bertz CT molecular complexity index is 278. The van der Waals surface area contributed by atoms with E-state index in [1.807, 2.05) is 0 Å². The zero-order valence-electron chi connectivity index (χ0n) is 10.8. The van der Waals surface area contributed by atoms with Crippen molar-refractivity contribution in [1.29, 1.82) is 0 Å². The van der Waals surface area contributed by atoms with Gasteiger partial charge in [-0.2, -0.15) is 0 Å². The number of fused-ring (bicyclic) bond motifs is 1. The standard InChI is InChI=1S/C15H26/c1-10-7-8-15-9-12(10)14(3,4)13(15)6-5-11(15)2/h10-13H,5-9H2,1-4H3/t10-,11-,12-,13+,15+/m1/s1. The minimum absolute atomic E-state index is 0.640. The molecule has 0 amide bonds. The summed E-state index contributed by atoms with van der Waals surface area (Å²) in [5, 5.41) is 0. The summed E-state index contributed by atoms with van der Waals surface area (Å²) in [4.78, 5) is 0. The van der Waals surface area contributed by atoms with Crippen molar-refractivity contribution in [3.8, 4) is 0 Å². The molecule has 3 aliphatic carbocycles. The molecule has 0 nitrogen and oxygen atoms in total. The van der Waals surface area contributed by atoms with Gasteiger partial charge in [0.2, 0.25) is 0 Å². The lowest BCUT2D eigenvalue weighted by Crippen LogP contribution is -2.30. The van der Waals surface area contributed by atoms with Gasteiger partial charge in [-0.3, -0.25) is 0 Å². The maximum Gasteiger partial charge on any atom is -0.0235 e. The molecule has 15 heavy (non-hydrogen) atoms. The second-order valence-electron chi connectivity index (χ2n) is 7.41. The summed E-state index contributed by atoms with van der Waals surface area (Å²) in [7, 11) is 0. The molecule has 5 atom stereocenters. The maximum absolute atomic E-state index is 2.57. The van der Waals surface area contributed by atoms with Crippen LogP contribution in [0.25, 0.3) is 0 Å². The van der Waals surface area contributed by atoms with Gasteiger partial charge in [-0.15, -0.1) is 0 Å². The van der Waals surface area contributed by atoms with Gasteiger partial charge in [0.05, 0.1) is 0 Å². The van der Waals surface area contributed by atoms with Gasteiger partial charge in [-0.25, -0.2) is 0 Å². The van der Waals surface area contributed by atoms with Crippen LogP contribution in [0.15, 0.2) is 0 Å². The molecule has 3 rings (SSSR count). The minimum atomic E-state index is 0.640. The number of hydrogen-bond acceptors (Lipinski definition) is 0. The summed E-state index contributed by atoms with van der Waals surface area (Å²) in [6.07, 6.45) is 7.65. The third-order valence-electron chi connectivity index (χ3n) is 6.77. The molecule has 0 aromatic heterocycles. The Labute approximate surface area is 94.8 Å². The molecule has 3 aliphatic rings. The zero-order valence-corrected chi connectivity index (χ0v) is 10.8. The van der Waals surface area contributed by atoms with E-state index in [1.54, 1.807) is 12.8 Å². The normalized spacial score (nSPS) is 56.8. The van der Waals surface area contributed by atoms with Crippen molar-refractivity contribution >= 4 is 0 Å². The van der Waals surface area contributed by atoms with Gasteiger partial charge in [-0.05, 0) is 66.6 Å². The van der Waals surface area contributed by atoms with E-state index >= 15 is 0 Å². The molecule has 1 spiro atoms. The highest BCUT2D eigenvalue weighted by molar-refractivity contribution is 5.13. The van der Waals surface area contributed by atoms with E-state index < -0.39 is 0 Å². The molecule has 3 saturated carbocycles. The van der Waals surface area contributed by atoms with Crippen LogP contribution in [-0.4, -0.2) is 0 Å². The van der Waals surface area contributed by atoms with Gasteiger partial charge in [0.1, 0.15) is 0 Å². The average molecular weight is 206 g/mol. The summed E-state index contributed by atoms with van der Waals surface area (Å²) in [6, 6.07) is 0. The molecule has 0 N–H and O–H groups in total. The van der Waals surface area contributed by atoms with Gasteiger partial charge >= 0.3 is 0 Å². The fourth-order valence-electron chi connectivity index (χ4n) is 5.88. The van der Waals surface area contributed by atoms with Gasteiger partial charge in [-0.1, -0.05) is 27.7 Å². The van der Waals surface area contributed by atoms with E-state index in [2.05, 4.69) is 27.7 Å². The number of rotatable bonds is 0. The van der Waals surface area contributed by atoms with Crippen LogP contribution in [0, 0.1) is 34.5 Å². The van der Waals surface area contributed by atoms with Crippen molar-refractivity contribution in [3.05, 3.63) is 0 Å². The van der Waals surface area contributed by atoms with Crippen molar-refractivity contribution < 1.29 is 0 Å². The van der Waals surface area contributed by atoms with Crippen LogP contribution in [0.3, 0.4) is 0 Å². The van der Waals surface area contributed by atoms with Crippen molar-refractivity contribution in [2.24, 2.45) is 34.5 Å². The molecular weight excluding hydrogens is 180 g/mol. The quantitative estimate of drug-likeness (QED) is 0.547. The SMILES string of the molecule is C[C@@H]1CC[C@@]23C[C@H]1C(C)(C)[C@@H]2CC[C@H]3C. The predicted molar refractivity (Wildman–Crippen MR) is 64.6 cm³/mol. The maximum atomic E-state index is 2.57. The fraction of sp³-hybridized carbons (Fsp3) is 1.00. The van der Waals surface area contributed by atoms with Crippen LogP contribution in [0.2, 0.25) is 0 Å². The Kier molecular flexibility index (Phi) is 1.91. The van der Waals surface area contributed by atoms with Crippen molar-refractivity contribution in [2.75, 3.05) is 0 Å². The van der Waals surface area contributed by atoms with Crippen molar-refractivity contribution in [1.82, 2.24) is 0 Å². The van der Waals surface area contributed by atoms with Gasteiger partial charge < -0.3 is 0 Å². The van der Waals surface area contributed by atoms with E-state index in [9.17, 15) is 0 Å². The molecule has 0 heteroatoms. The van der Waals surface area contributed by atoms with Gasteiger partial charge in [0.15, 0.2) is 0 Å². The van der Waals surface area contributed by atoms with E-state index in [1.165, 1.54) is 19.3 Å². The third-order valence-corrected chi connectivity index (χ3v) is 6.77. The first-order valence-corrected chi connectivity index (χ1v) is 6.98. The smallest absolute Gasteiger partial charge is 0.0235 e. The van der Waals surface area contributed by atoms with Crippen LogP contribution in [0.1, 0.15) is 59.8 Å². The van der Waals surface area contributed by atoms with Crippen molar-refractivity contribution in [2.45, 2.75) is 59.8 Å². The first-order valence-electron chi connectivity index (χ1n) is 6.98. The molecule has 0 aromatic rings. The molecule has 2 bridgehead atoms. The van der Waals surface area contributed by atoms with Gasteiger partial charge in [0.25, 0.3) is 0 Å². The van der Waals surface area contributed by atoms with Crippen LogP contribution >= 0.6 is 0 Å². The third kappa shape index (κ3) is 1.04. The first-order chi connectivity index (χ1) is 6.98. The minimum Gasteiger partial charge on any atom is -0.0622 e. The molecule has 3 fully saturated rings. The largest absolute Gasteiger partial charge is 0.0622 e. The summed E-state index contributed by atoms with van der Waals surface area (Å²) in [6.45, 7) is 10.2. The Morgan fingerprint density at radius 3 is 2.47 bits per heavy atom. The summed E-state index contributed by atoms with van der Waals surface area (Å²) < 4.78 is 0. The number of hydrogen-bond donors (Lipinski definition) is 0. The Hall–Kier alpha value is 0. The first kappa shape index (κ1) is 10.2. The van der Waals surface area contributed by atoms with Crippen LogP contribution in [0.5, 0.6) is 0 Å². The molecule has 0 heterocycles. The fourth-order valence-corrected chi connectivity index (χ4v) is 5.88. The average Bonchev–Trinajstić information content (AvgIpc) is 2.57. The van der Waals surface area contributed by atoms with E-state index in [-0.39, 0.29) is 0 Å². The molecule has 0 saturated heterocycles. The molecule has 0 radical (unpaired) electrons. The summed E-state index contributed by atoms with van der Waals surface area (Å²) >= 11 is 0. The molecule has 0 unspecified atom stereocenters. The Morgan fingerprint density at radius 1 is 1.00 bits per heavy atom. The molecule has 0 aromatic carbocycles. The molecule has 0 aliphatic heterocycles. The second-order valence-corrected chi connectivity index (χ2v) is 7.41. The Morgan fingerprint density at radius 2 is 1.73 bits per heavy atom. The van der Waals surface area contributed by atoms with E-state index in [4.69, 9.17) is 0 Å². The van der Waals surface area contributed by atoms with E-state index in [0.29, 0.717) is 5.41 Å².